The fourth-order valence-electron chi connectivity index (χ4n) is 9.96. The highest BCUT2D eigenvalue weighted by Crippen LogP contribution is 2.40. The monoisotopic (exact) mass is 983 g/mol. The van der Waals surface area contributed by atoms with Crippen molar-refractivity contribution in [3.8, 4) is 0 Å². The summed E-state index contributed by atoms with van der Waals surface area (Å²) in [6, 6.07) is 5.69. The van der Waals surface area contributed by atoms with Gasteiger partial charge in [-0.1, -0.05) is 152 Å². The topological polar surface area (TPSA) is 168 Å². The van der Waals surface area contributed by atoms with Gasteiger partial charge in [-0.25, -0.2) is 4.79 Å². The summed E-state index contributed by atoms with van der Waals surface area (Å²) in [5, 5.41) is 5.61. The number of nitrogens with one attached hydrogen (secondary N) is 2. The van der Waals surface area contributed by atoms with Gasteiger partial charge in [0.05, 0.1) is 32.4 Å². The van der Waals surface area contributed by atoms with E-state index in [0.717, 1.165) is 60.0 Å². The van der Waals surface area contributed by atoms with Gasteiger partial charge in [-0.3, -0.25) is 28.8 Å². The van der Waals surface area contributed by atoms with Crippen LogP contribution in [-0.2, 0) is 49.6 Å². The van der Waals surface area contributed by atoms with Crippen molar-refractivity contribution in [1.29, 1.82) is 0 Å². The molecule has 4 amide bonds. The predicted octanol–water partition coefficient (Wildman–Crippen LogP) is 9.63. The van der Waals surface area contributed by atoms with Crippen molar-refractivity contribution in [3.05, 3.63) is 82.5 Å². The van der Waals surface area contributed by atoms with Crippen LogP contribution in [0.25, 0.3) is 0 Å². The van der Waals surface area contributed by atoms with Crippen molar-refractivity contribution < 1.29 is 43.0 Å². The van der Waals surface area contributed by atoms with E-state index in [1.165, 1.54) is 74.7 Å². The summed E-state index contributed by atoms with van der Waals surface area (Å²) >= 11 is 0. The number of methoxy groups -OCH3 is 1. The SMILES string of the molecule is CCCCCCCCCCCCCCCC(=O)N(C)[C@H](COCc1ccccc1)C(=O)N[C@H](C)C(=O)CCC(=O)N(C)[C@@H]1C(=O)C[C@@H](C)C(=O)N[C@H](C(=O)OC)CC2=CCC(C)C(=C2)C2=C(C)C=C[C@H]1C2. The third-order valence-corrected chi connectivity index (χ3v) is 14.7. The molecular weight excluding hydrogens is 897 g/mol. The van der Waals surface area contributed by atoms with Crippen LogP contribution >= 0.6 is 0 Å². The Bertz CT molecular complexity index is 2070. The fraction of sp³-hybridized carbons (Fsp3) is 0.638. The molecule has 1 unspecified atom stereocenters. The van der Waals surface area contributed by atoms with Crippen molar-refractivity contribution >= 4 is 41.2 Å². The zero-order valence-electron chi connectivity index (χ0n) is 44.4. The lowest BCUT2D eigenvalue weighted by atomic mass is 9.74. The van der Waals surface area contributed by atoms with Crippen LogP contribution in [0.3, 0.4) is 0 Å². The number of amides is 4. The molecule has 1 heterocycles. The van der Waals surface area contributed by atoms with E-state index in [-0.39, 0.29) is 62.3 Å². The average Bonchev–Trinajstić information content (AvgIpc) is 3.36. The molecule has 3 aliphatic rings. The number of rotatable bonds is 27. The van der Waals surface area contributed by atoms with Crippen LogP contribution in [0.5, 0.6) is 0 Å². The second kappa shape index (κ2) is 30.7. The first-order valence-electron chi connectivity index (χ1n) is 26.7. The largest absolute Gasteiger partial charge is 0.467 e. The lowest BCUT2D eigenvalue weighted by Gasteiger charge is -2.37. The molecule has 392 valence electrons. The maximum absolute atomic E-state index is 14.4. The molecular formula is C58H86N4O9. The van der Waals surface area contributed by atoms with Gasteiger partial charge < -0.3 is 29.9 Å². The number of ketones is 2. The number of unbranched alkanes of at least 4 members (excludes halogenated alkanes) is 12. The second-order valence-corrected chi connectivity index (χ2v) is 20.4. The van der Waals surface area contributed by atoms with Crippen LogP contribution in [-0.4, -0.2) is 103 Å². The zero-order chi connectivity index (χ0) is 51.9. The number of ether oxygens (including phenoxy) is 2. The molecule has 0 radical (unpaired) electrons. The van der Waals surface area contributed by atoms with Crippen molar-refractivity contribution in [3.63, 3.8) is 0 Å². The van der Waals surface area contributed by atoms with E-state index in [2.05, 4.69) is 36.6 Å². The Morgan fingerprint density at radius 2 is 1.44 bits per heavy atom. The molecule has 0 aromatic heterocycles. The molecule has 7 atom stereocenters. The Balaban J connectivity index is 1.38. The van der Waals surface area contributed by atoms with Gasteiger partial charge in [-0.05, 0) is 66.9 Å². The molecule has 1 aliphatic heterocycles. The van der Waals surface area contributed by atoms with Crippen LogP contribution in [0.4, 0.5) is 0 Å². The van der Waals surface area contributed by atoms with Crippen LogP contribution in [0.1, 0.15) is 169 Å². The van der Waals surface area contributed by atoms with Gasteiger partial charge in [0.25, 0.3) is 0 Å². The van der Waals surface area contributed by atoms with Crippen LogP contribution in [0.15, 0.2) is 76.9 Å². The first-order chi connectivity index (χ1) is 34.1. The summed E-state index contributed by atoms with van der Waals surface area (Å²) in [5.74, 6) is -3.93. The summed E-state index contributed by atoms with van der Waals surface area (Å²) in [4.78, 5) is 98.8. The zero-order valence-corrected chi connectivity index (χ0v) is 44.4. The highest BCUT2D eigenvalue weighted by Gasteiger charge is 2.38. The Morgan fingerprint density at radius 1 is 0.803 bits per heavy atom. The summed E-state index contributed by atoms with van der Waals surface area (Å²) in [5.41, 5.74) is 5.05. The van der Waals surface area contributed by atoms with E-state index >= 15 is 0 Å². The molecule has 0 spiro atoms. The number of Topliss-reactive ketones (excluding diaryl/α,β-unsaturated/α-hetero) is 2. The molecule has 4 rings (SSSR count). The molecule has 0 saturated carbocycles. The molecule has 13 heteroatoms. The quantitative estimate of drug-likeness (QED) is 0.0644. The summed E-state index contributed by atoms with van der Waals surface area (Å²) in [6.07, 6.45) is 24.8. The second-order valence-electron chi connectivity index (χ2n) is 20.4. The standard InChI is InChI=1S/C58H86N4O9/c1-9-10-11-12-13-14-15-16-17-18-19-20-24-27-53(65)61(6)50(39-71-38-44-25-22-21-23-26-44)57(68)59-43(5)51(63)32-33-54(66)62(7)55-46-31-29-41(3)48(37-46)47-35-45(30-28-40(47)2)36-49(58(69)70-8)60-56(67)42(4)34-52(55)64/h21-23,25-26,29-31,35,40,42-43,46,49-50,55H,9-20,24,27-28,32-34,36-39H2,1-8H3,(H,59,68)(H,60,67)/t40?,42-,43-,46+,49+,50-,55+/m1/s1. The Morgan fingerprint density at radius 3 is 2.07 bits per heavy atom. The molecule has 2 aliphatic carbocycles. The van der Waals surface area contributed by atoms with Crippen LogP contribution in [0.2, 0.25) is 0 Å². The number of esters is 1. The summed E-state index contributed by atoms with van der Waals surface area (Å²) < 4.78 is 11.0. The number of allylic oxidation sites excluding steroid dienone is 6. The van der Waals surface area contributed by atoms with E-state index in [9.17, 15) is 33.6 Å². The van der Waals surface area contributed by atoms with E-state index in [4.69, 9.17) is 9.47 Å². The fourth-order valence-corrected chi connectivity index (χ4v) is 9.96. The molecule has 4 bridgehead atoms. The van der Waals surface area contributed by atoms with Crippen molar-refractivity contribution in [1.82, 2.24) is 20.4 Å². The number of hydrogen-bond acceptors (Lipinski definition) is 9. The minimum atomic E-state index is -0.992. The summed E-state index contributed by atoms with van der Waals surface area (Å²) in [6.45, 7) is 9.76. The Labute approximate surface area is 425 Å². The highest BCUT2D eigenvalue weighted by atomic mass is 16.5. The van der Waals surface area contributed by atoms with E-state index in [1.807, 2.05) is 49.4 Å². The molecule has 0 saturated heterocycles. The highest BCUT2D eigenvalue weighted by molar-refractivity contribution is 5.96. The molecule has 1 aromatic rings. The van der Waals surface area contributed by atoms with Gasteiger partial charge in [0.15, 0.2) is 11.6 Å². The number of fused-ring (bicyclic) bond motifs is 4. The van der Waals surface area contributed by atoms with Gasteiger partial charge >= 0.3 is 5.97 Å². The number of nitrogens with zero attached hydrogens (tertiary/aromatic N) is 2. The van der Waals surface area contributed by atoms with Gasteiger partial charge in [0.2, 0.25) is 23.6 Å². The van der Waals surface area contributed by atoms with Crippen molar-refractivity contribution in [2.45, 2.75) is 194 Å². The Hall–Kier alpha value is -5.17. The first kappa shape index (κ1) is 58.4. The number of benzene rings is 1. The lowest BCUT2D eigenvalue weighted by molar-refractivity contribution is -0.146. The van der Waals surface area contributed by atoms with Gasteiger partial charge in [-0.15, -0.1) is 0 Å². The Kier molecular flexibility index (Phi) is 25.2. The van der Waals surface area contributed by atoms with Gasteiger partial charge in [0.1, 0.15) is 12.1 Å². The molecule has 71 heavy (non-hydrogen) atoms. The third kappa shape index (κ3) is 18.8. The average molecular weight is 983 g/mol. The predicted molar refractivity (Wildman–Crippen MR) is 279 cm³/mol. The number of likely N-dealkylation sites (N-methyl/N-ethyl adjacent to an activating group) is 2. The number of hydrogen-bond donors (Lipinski definition) is 2. The minimum Gasteiger partial charge on any atom is -0.467 e. The first-order valence-corrected chi connectivity index (χ1v) is 26.7. The van der Waals surface area contributed by atoms with Crippen LogP contribution in [0, 0.1) is 17.8 Å². The van der Waals surface area contributed by atoms with E-state index in [0.29, 0.717) is 12.8 Å². The number of carbonyl (C=O) groups is 7. The lowest BCUT2D eigenvalue weighted by Crippen LogP contribution is -2.53. The van der Waals surface area contributed by atoms with Gasteiger partial charge in [-0.2, -0.15) is 0 Å². The van der Waals surface area contributed by atoms with E-state index in [1.54, 1.807) is 27.9 Å². The van der Waals surface area contributed by atoms with E-state index < -0.39 is 59.7 Å². The van der Waals surface area contributed by atoms with Gasteiger partial charge in [0, 0.05) is 58.0 Å². The van der Waals surface area contributed by atoms with Crippen molar-refractivity contribution in [2.24, 2.45) is 17.8 Å². The third-order valence-electron chi connectivity index (χ3n) is 14.7. The van der Waals surface area contributed by atoms with Crippen molar-refractivity contribution in [2.75, 3.05) is 27.8 Å². The summed E-state index contributed by atoms with van der Waals surface area (Å²) in [7, 11) is 4.44. The number of carbonyl (C=O) groups excluding carboxylic acids is 7. The normalized spacial score (nSPS) is 21.2. The molecule has 0 fully saturated rings. The maximum atomic E-state index is 14.4. The maximum Gasteiger partial charge on any atom is 0.328 e. The molecule has 1 aromatic carbocycles. The minimum absolute atomic E-state index is 0.0760. The smallest absolute Gasteiger partial charge is 0.328 e. The van der Waals surface area contributed by atoms with Crippen LogP contribution < -0.4 is 10.6 Å². The molecule has 13 nitrogen and oxygen atoms in total. The molecule has 2 N–H and O–H groups in total.